The van der Waals surface area contributed by atoms with Gasteiger partial charge in [0.25, 0.3) is 6.43 Å². The molecule has 4 heteroatoms. The van der Waals surface area contributed by atoms with Crippen molar-refractivity contribution in [2.75, 3.05) is 13.2 Å². The molecule has 15 heavy (non-hydrogen) atoms. The minimum Gasteiger partial charge on any atom is -0.488 e. The molecule has 2 nitrogen and oxygen atoms in total. The first-order valence-electron chi connectivity index (χ1n) is 4.42. The van der Waals surface area contributed by atoms with E-state index < -0.39 is 13.0 Å². The van der Waals surface area contributed by atoms with E-state index in [-0.39, 0.29) is 6.54 Å². The van der Waals surface area contributed by atoms with E-state index >= 15 is 0 Å². The van der Waals surface area contributed by atoms with E-state index in [1.807, 2.05) is 0 Å². The largest absolute Gasteiger partial charge is 0.488 e. The number of nitrogens with two attached hydrogens (primary N) is 1. The standard InChI is InChI=1S/C11H11F2NO/c12-11(13)8-15-10-5-1-3-9(7-10)4-2-6-14/h1,3,5,7,11H,6,8,14H2. The number of benzene rings is 1. The lowest BCUT2D eigenvalue weighted by Gasteiger charge is -2.04. The molecule has 1 rings (SSSR count). The number of rotatable bonds is 3. The van der Waals surface area contributed by atoms with Crippen molar-refractivity contribution in [3.8, 4) is 17.6 Å². The van der Waals surface area contributed by atoms with Crippen LogP contribution in [0.4, 0.5) is 8.78 Å². The van der Waals surface area contributed by atoms with Crippen LogP contribution in [0.3, 0.4) is 0 Å². The fourth-order valence-corrected chi connectivity index (χ4v) is 0.976. The lowest BCUT2D eigenvalue weighted by molar-refractivity contribution is 0.0819. The third kappa shape index (κ3) is 4.43. The van der Waals surface area contributed by atoms with Crippen molar-refractivity contribution in [2.45, 2.75) is 6.43 Å². The molecule has 0 unspecified atom stereocenters. The zero-order valence-electron chi connectivity index (χ0n) is 8.04. The summed E-state index contributed by atoms with van der Waals surface area (Å²) in [6.45, 7) is -0.337. The Morgan fingerprint density at radius 2 is 2.20 bits per heavy atom. The molecule has 0 amide bonds. The summed E-state index contributed by atoms with van der Waals surface area (Å²) in [6, 6.07) is 6.67. The van der Waals surface area contributed by atoms with Crippen LogP contribution in [0.1, 0.15) is 5.56 Å². The Morgan fingerprint density at radius 1 is 1.40 bits per heavy atom. The van der Waals surface area contributed by atoms with Crippen LogP contribution in [-0.4, -0.2) is 19.6 Å². The molecule has 0 radical (unpaired) electrons. The molecule has 0 saturated heterocycles. The molecule has 0 aliphatic heterocycles. The second-order valence-corrected chi connectivity index (χ2v) is 2.74. The van der Waals surface area contributed by atoms with Crippen molar-refractivity contribution in [3.63, 3.8) is 0 Å². The Morgan fingerprint density at radius 3 is 2.87 bits per heavy atom. The molecule has 0 bridgehead atoms. The van der Waals surface area contributed by atoms with Gasteiger partial charge in [0.15, 0.2) is 0 Å². The van der Waals surface area contributed by atoms with Crippen molar-refractivity contribution in [1.29, 1.82) is 0 Å². The normalized spacial score (nSPS) is 9.60. The number of halogens is 2. The Kier molecular flexibility index (Phi) is 4.58. The van der Waals surface area contributed by atoms with Crippen molar-refractivity contribution >= 4 is 0 Å². The van der Waals surface area contributed by atoms with E-state index in [1.165, 1.54) is 0 Å². The zero-order valence-corrected chi connectivity index (χ0v) is 8.04. The van der Waals surface area contributed by atoms with Crippen LogP contribution in [0.5, 0.6) is 5.75 Å². The smallest absolute Gasteiger partial charge is 0.272 e. The maximum absolute atomic E-state index is 11.9. The molecule has 0 aliphatic carbocycles. The molecule has 0 aliphatic rings. The molecular formula is C11H11F2NO. The fraction of sp³-hybridized carbons (Fsp3) is 0.273. The lowest BCUT2D eigenvalue weighted by Crippen LogP contribution is -2.06. The molecule has 0 atom stereocenters. The van der Waals surface area contributed by atoms with Crippen molar-refractivity contribution < 1.29 is 13.5 Å². The van der Waals surface area contributed by atoms with Crippen molar-refractivity contribution in [2.24, 2.45) is 5.73 Å². The van der Waals surface area contributed by atoms with Crippen LogP contribution in [0.15, 0.2) is 24.3 Å². The summed E-state index contributed by atoms with van der Waals surface area (Å²) >= 11 is 0. The van der Waals surface area contributed by atoms with Gasteiger partial charge >= 0.3 is 0 Å². The zero-order chi connectivity index (χ0) is 11.1. The van der Waals surface area contributed by atoms with Gasteiger partial charge in [0.05, 0.1) is 6.54 Å². The van der Waals surface area contributed by atoms with Gasteiger partial charge in [0.1, 0.15) is 12.4 Å². The van der Waals surface area contributed by atoms with Gasteiger partial charge in [0.2, 0.25) is 0 Å². The second-order valence-electron chi connectivity index (χ2n) is 2.74. The predicted octanol–water partition coefficient (Wildman–Crippen LogP) is 1.64. The predicted molar refractivity (Wildman–Crippen MR) is 53.9 cm³/mol. The van der Waals surface area contributed by atoms with Gasteiger partial charge in [-0.25, -0.2) is 8.78 Å². The maximum Gasteiger partial charge on any atom is 0.272 e. The molecule has 0 saturated carbocycles. The Bertz CT molecular complexity index is 368. The average molecular weight is 211 g/mol. The SMILES string of the molecule is NCC#Cc1cccc(OCC(F)F)c1. The minimum atomic E-state index is -2.47. The quantitative estimate of drug-likeness (QED) is 0.771. The topological polar surface area (TPSA) is 35.2 Å². The van der Waals surface area contributed by atoms with E-state index in [9.17, 15) is 8.78 Å². The Hall–Kier alpha value is -1.60. The highest BCUT2D eigenvalue weighted by Crippen LogP contribution is 2.13. The van der Waals surface area contributed by atoms with E-state index in [0.717, 1.165) is 0 Å². The van der Waals surface area contributed by atoms with Crippen molar-refractivity contribution in [1.82, 2.24) is 0 Å². The minimum absolute atomic E-state index is 0.266. The van der Waals surface area contributed by atoms with Crippen LogP contribution in [0, 0.1) is 11.8 Å². The molecule has 0 aromatic heterocycles. The summed E-state index contributed by atoms with van der Waals surface area (Å²) in [5, 5.41) is 0. The Labute approximate surface area is 87.0 Å². The van der Waals surface area contributed by atoms with Crippen LogP contribution < -0.4 is 10.5 Å². The molecular weight excluding hydrogens is 200 g/mol. The molecule has 0 spiro atoms. The molecule has 1 aromatic rings. The summed E-state index contributed by atoms with van der Waals surface area (Å²) in [4.78, 5) is 0. The van der Waals surface area contributed by atoms with E-state index in [2.05, 4.69) is 11.8 Å². The summed E-state index contributed by atoms with van der Waals surface area (Å²) in [7, 11) is 0. The first-order valence-corrected chi connectivity index (χ1v) is 4.42. The lowest BCUT2D eigenvalue weighted by atomic mass is 10.2. The monoisotopic (exact) mass is 211 g/mol. The number of hydrogen-bond donors (Lipinski definition) is 1. The van der Waals surface area contributed by atoms with E-state index in [4.69, 9.17) is 10.5 Å². The third-order valence-electron chi connectivity index (χ3n) is 1.54. The average Bonchev–Trinajstić information content (AvgIpc) is 2.24. The van der Waals surface area contributed by atoms with Crippen LogP contribution >= 0.6 is 0 Å². The van der Waals surface area contributed by atoms with Crippen LogP contribution in [-0.2, 0) is 0 Å². The van der Waals surface area contributed by atoms with E-state index in [0.29, 0.717) is 11.3 Å². The van der Waals surface area contributed by atoms with Crippen LogP contribution in [0.2, 0.25) is 0 Å². The van der Waals surface area contributed by atoms with Gasteiger partial charge in [0, 0.05) is 5.56 Å². The number of hydrogen-bond acceptors (Lipinski definition) is 2. The van der Waals surface area contributed by atoms with E-state index in [1.54, 1.807) is 24.3 Å². The fourth-order valence-electron chi connectivity index (χ4n) is 0.976. The first-order chi connectivity index (χ1) is 7.22. The van der Waals surface area contributed by atoms with Crippen molar-refractivity contribution in [3.05, 3.63) is 29.8 Å². The number of alkyl halides is 2. The number of ether oxygens (including phenoxy) is 1. The summed E-state index contributed by atoms with van der Waals surface area (Å²) in [6.07, 6.45) is -2.47. The third-order valence-corrected chi connectivity index (χ3v) is 1.54. The summed E-state index contributed by atoms with van der Waals surface area (Å²) in [5.41, 5.74) is 5.91. The molecule has 0 fully saturated rings. The highest BCUT2D eigenvalue weighted by atomic mass is 19.3. The van der Waals surface area contributed by atoms with Gasteiger partial charge in [-0.05, 0) is 18.2 Å². The second kappa shape index (κ2) is 5.99. The van der Waals surface area contributed by atoms with Gasteiger partial charge in [-0.1, -0.05) is 17.9 Å². The highest BCUT2D eigenvalue weighted by molar-refractivity contribution is 5.39. The molecule has 1 aromatic carbocycles. The summed E-state index contributed by atoms with van der Waals surface area (Å²) < 4.78 is 28.5. The maximum atomic E-state index is 11.9. The van der Waals surface area contributed by atoms with Gasteiger partial charge in [-0.3, -0.25) is 0 Å². The van der Waals surface area contributed by atoms with Gasteiger partial charge in [-0.15, -0.1) is 0 Å². The molecule has 2 N–H and O–H groups in total. The Balaban J connectivity index is 2.65. The van der Waals surface area contributed by atoms with Gasteiger partial charge in [-0.2, -0.15) is 0 Å². The molecule has 80 valence electrons. The summed E-state index contributed by atoms with van der Waals surface area (Å²) in [5.74, 6) is 5.85. The van der Waals surface area contributed by atoms with Crippen LogP contribution in [0.25, 0.3) is 0 Å². The van der Waals surface area contributed by atoms with Gasteiger partial charge < -0.3 is 10.5 Å². The highest BCUT2D eigenvalue weighted by Gasteiger charge is 2.03. The first kappa shape index (κ1) is 11.5. The molecule has 0 heterocycles.